The minimum atomic E-state index is 0.797. The largest absolute Gasteiger partial charge is 0.372 e. The number of aromatic nitrogens is 2. The summed E-state index contributed by atoms with van der Waals surface area (Å²) in [4.78, 5) is 10.6. The highest BCUT2D eigenvalue weighted by atomic mass is 127. The van der Waals surface area contributed by atoms with Crippen molar-refractivity contribution in [2.24, 2.45) is 0 Å². The van der Waals surface area contributed by atoms with Crippen LogP contribution in [0, 0.1) is 10.5 Å². The molecule has 0 aliphatic heterocycles. The van der Waals surface area contributed by atoms with Crippen LogP contribution in [0.15, 0.2) is 29.2 Å². The maximum absolute atomic E-state index is 4.73. The highest BCUT2D eigenvalue weighted by molar-refractivity contribution is 14.1. The Balaban J connectivity index is 2.17. The van der Waals surface area contributed by atoms with E-state index in [1.165, 1.54) is 10.5 Å². The molecular formula is C16H20IN3S. The van der Waals surface area contributed by atoms with Crippen LogP contribution >= 0.6 is 34.4 Å². The molecule has 0 aliphatic carbocycles. The third-order valence-corrected chi connectivity index (χ3v) is 5.17. The Bertz CT molecular complexity index is 616. The Labute approximate surface area is 144 Å². The lowest BCUT2D eigenvalue weighted by Gasteiger charge is -2.10. The number of nitrogens with one attached hydrogen (secondary N) is 1. The normalized spacial score (nSPS) is 10.7. The monoisotopic (exact) mass is 413 g/mol. The number of benzene rings is 1. The number of rotatable bonds is 6. The van der Waals surface area contributed by atoms with Crippen molar-refractivity contribution in [1.82, 2.24) is 9.97 Å². The Kier molecular flexibility index (Phi) is 6.29. The van der Waals surface area contributed by atoms with E-state index in [0.29, 0.717) is 0 Å². The molecule has 0 aliphatic rings. The van der Waals surface area contributed by atoms with Crippen LogP contribution in [0.5, 0.6) is 0 Å². The predicted molar refractivity (Wildman–Crippen MR) is 99.0 cm³/mol. The van der Waals surface area contributed by atoms with E-state index in [1.54, 1.807) is 11.8 Å². The van der Waals surface area contributed by atoms with Gasteiger partial charge in [0.2, 0.25) is 0 Å². The van der Waals surface area contributed by atoms with Gasteiger partial charge in [0, 0.05) is 11.9 Å². The third-order valence-electron chi connectivity index (χ3n) is 3.05. The van der Waals surface area contributed by atoms with Crippen LogP contribution in [-0.4, -0.2) is 17.0 Å². The standard InChI is InChI=1S/C16H20IN3S/c1-4-6-13-15(17)16(18-3)20-14(19-13)10-21-12-8-5-7-11(2)9-12/h5,7-9H,4,6,10H2,1-3H3,(H,18,19,20). The van der Waals surface area contributed by atoms with Crippen LogP contribution in [0.2, 0.25) is 0 Å². The predicted octanol–water partition coefficient (Wildman–Crippen LogP) is 4.68. The van der Waals surface area contributed by atoms with Gasteiger partial charge in [0.25, 0.3) is 0 Å². The molecule has 0 radical (unpaired) electrons. The number of hydrogen-bond donors (Lipinski definition) is 1. The van der Waals surface area contributed by atoms with Crippen molar-refractivity contribution in [3.8, 4) is 0 Å². The van der Waals surface area contributed by atoms with E-state index in [0.717, 1.165) is 39.5 Å². The van der Waals surface area contributed by atoms with Crippen LogP contribution in [-0.2, 0) is 12.2 Å². The molecule has 0 atom stereocenters. The highest BCUT2D eigenvalue weighted by Gasteiger charge is 2.11. The van der Waals surface area contributed by atoms with Gasteiger partial charge in [-0.3, -0.25) is 0 Å². The fraction of sp³-hybridized carbons (Fsp3) is 0.375. The third kappa shape index (κ3) is 4.57. The molecule has 1 aromatic carbocycles. The SMILES string of the molecule is CCCc1nc(CSc2cccc(C)c2)nc(NC)c1I. The summed E-state index contributed by atoms with van der Waals surface area (Å²) in [6, 6.07) is 8.54. The zero-order chi connectivity index (χ0) is 15.2. The first-order valence-electron chi connectivity index (χ1n) is 7.06. The topological polar surface area (TPSA) is 37.8 Å². The molecule has 0 saturated heterocycles. The van der Waals surface area contributed by atoms with Crippen LogP contribution in [0.4, 0.5) is 5.82 Å². The maximum atomic E-state index is 4.73. The summed E-state index contributed by atoms with van der Waals surface area (Å²) in [6.45, 7) is 4.29. The van der Waals surface area contributed by atoms with Crippen molar-refractivity contribution >= 4 is 40.2 Å². The van der Waals surface area contributed by atoms with Gasteiger partial charge >= 0.3 is 0 Å². The second-order valence-electron chi connectivity index (χ2n) is 4.85. The number of halogens is 1. The second kappa shape index (κ2) is 7.98. The van der Waals surface area contributed by atoms with Gasteiger partial charge in [-0.2, -0.15) is 0 Å². The summed E-state index contributed by atoms with van der Waals surface area (Å²) in [5.41, 5.74) is 2.43. The van der Waals surface area contributed by atoms with Gasteiger partial charge in [-0.1, -0.05) is 31.0 Å². The zero-order valence-electron chi connectivity index (χ0n) is 12.6. The van der Waals surface area contributed by atoms with E-state index >= 15 is 0 Å². The van der Waals surface area contributed by atoms with Crippen molar-refractivity contribution in [2.75, 3.05) is 12.4 Å². The van der Waals surface area contributed by atoms with Crippen molar-refractivity contribution < 1.29 is 0 Å². The molecule has 3 nitrogen and oxygen atoms in total. The Hall–Kier alpha value is -0.820. The number of aryl methyl sites for hydroxylation is 2. The van der Waals surface area contributed by atoms with Gasteiger partial charge in [-0.25, -0.2) is 9.97 Å². The molecule has 0 spiro atoms. The molecule has 1 N–H and O–H groups in total. The molecule has 0 fully saturated rings. The molecule has 112 valence electrons. The Morgan fingerprint density at radius 3 is 2.76 bits per heavy atom. The van der Waals surface area contributed by atoms with Crippen LogP contribution < -0.4 is 5.32 Å². The molecule has 21 heavy (non-hydrogen) atoms. The Morgan fingerprint density at radius 1 is 1.29 bits per heavy atom. The Morgan fingerprint density at radius 2 is 2.10 bits per heavy atom. The van der Waals surface area contributed by atoms with Crippen molar-refractivity contribution in [1.29, 1.82) is 0 Å². The molecule has 1 heterocycles. The molecular weight excluding hydrogens is 393 g/mol. The van der Waals surface area contributed by atoms with Crippen LogP contribution in [0.1, 0.15) is 30.4 Å². The molecule has 5 heteroatoms. The minimum Gasteiger partial charge on any atom is -0.372 e. The molecule has 0 amide bonds. The van der Waals surface area contributed by atoms with E-state index < -0.39 is 0 Å². The first kappa shape index (κ1) is 16.5. The van der Waals surface area contributed by atoms with E-state index in [-0.39, 0.29) is 0 Å². The average molecular weight is 413 g/mol. The minimum absolute atomic E-state index is 0.797. The first-order chi connectivity index (χ1) is 10.1. The van der Waals surface area contributed by atoms with Crippen molar-refractivity contribution in [2.45, 2.75) is 37.3 Å². The second-order valence-corrected chi connectivity index (χ2v) is 6.98. The number of nitrogens with zero attached hydrogens (tertiary/aromatic N) is 2. The lowest BCUT2D eigenvalue weighted by molar-refractivity contribution is 0.846. The van der Waals surface area contributed by atoms with Gasteiger partial charge in [0.15, 0.2) is 0 Å². The summed E-state index contributed by atoms with van der Waals surface area (Å²) < 4.78 is 1.14. The van der Waals surface area contributed by atoms with E-state index in [4.69, 9.17) is 4.98 Å². The van der Waals surface area contributed by atoms with Gasteiger partial charge in [-0.15, -0.1) is 11.8 Å². The quantitative estimate of drug-likeness (QED) is 0.552. The summed E-state index contributed by atoms with van der Waals surface area (Å²) >= 11 is 4.12. The molecule has 2 aromatic rings. The van der Waals surface area contributed by atoms with E-state index in [1.807, 2.05) is 7.05 Å². The fourth-order valence-electron chi connectivity index (χ4n) is 2.03. The smallest absolute Gasteiger partial charge is 0.143 e. The summed E-state index contributed by atoms with van der Waals surface area (Å²) in [5, 5.41) is 3.17. The zero-order valence-corrected chi connectivity index (χ0v) is 15.6. The number of anilines is 1. The van der Waals surface area contributed by atoms with E-state index in [9.17, 15) is 0 Å². The highest BCUT2D eigenvalue weighted by Crippen LogP contribution is 2.25. The molecule has 0 bridgehead atoms. The maximum Gasteiger partial charge on any atom is 0.143 e. The van der Waals surface area contributed by atoms with Crippen LogP contribution in [0.3, 0.4) is 0 Å². The number of hydrogen-bond acceptors (Lipinski definition) is 4. The summed E-state index contributed by atoms with van der Waals surface area (Å²) in [5.74, 6) is 2.63. The van der Waals surface area contributed by atoms with E-state index in [2.05, 4.69) is 71.0 Å². The molecule has 2 rings (SSSR count). The van der Waals surface area contributed by atoms with Crippen molar-refractivity contribution in [3.63, 3.8) is 0 Å². The lowest BCUT2D eigenvalue weighted by atomic mass is 10.2. The fourth-order valence-corrected chi connectivity index (χ4v) is 3.68. The molecule has 0 saturated carbocycles. The molecule has 0 unspecified atom stereocenters. The number of thioether (sulfide) groups is 1. The van der Waals surface area contributed by atoms with Gasteiger partial charge in [0.1, 0.15) is 11.6 Å². The van der Waals surface area contributed by atoms with Gasteiger partial charge in [-0.05, 0) is 48.1 Å². The van der Waals surface area contributed by atoms with Gasteiger partial charge in [0.05, 0.1) is 15.0 Å². The summed E-state index contributed by atoms with van der Waals surface area (Å²) in [7, 11) is 1.91. The van der Waals surface area contributed by atoms with Gasteiger partial charge < -0.3 is 5.32 Å². The molecule has 1 aromatic heterocycles. The average Bonchev–Trinajstić information content (AvgIpc) is 2.48. The summed E-state index contributed by atoms with van der Waals surface area (Å²) in [6.07, 6.45) is 2.10. The first-order valence-corrected chi connectivity index (χ1v) is 9.13. The van der Waals surface area contributed by atoms with Crippen LogP contribution in [0.25, 0.3) is 0 Å². The lowest BCUT2D eigenvalue weighted by Crippen LogP contribution is -2.07. The van der Waals surface area contributed by atoms with Crippen molar-refractivity contribution in [3.05, 3.63) is 44.9 Å².